The molecule has 6 nitrogen and oxygen atoms in total. The van der Waals surface area contributed by atoms with Crippen LogP contribution in [0.3, 0.4) is 0 Å². The zero-order valence-corrected chi connectivity index (χ0v) is 29.9. The van der Waals surface area contributed by atoms with E-state index in [1.165, 1.54) is 0 Å². The Bertz CT molecular complexity index is 3020. The number of rotatable bonds is 6. The summed E-state index contributed by atoms with van der Waals surface area (Å²) in [6.45, 7) is 0. The summed E-state index contributed by atoms with van der Waals surface area (Å²) in [5.74, 6) is 1.21. The molecule has 0 bridgehead atoms. The fourth-order valence-corrected chi connectivity index (χ4v) is 7.55. The van der Waals surface area contributed by atoms with Crippen LogP contribution in [-0.4, -0.2) is 19.9 Å². The molecule has 0 aliphatic carbocycles. The number of furan rings is 2. The topological polar surface area (TPSA) is 77.8 Å². The molecule has 7 aromatic carbocycles. The normalized spacial score (nSPS) is 11.6. The van der Waals surface area contributed by atoms with Crippen molar-refractivity contribution in [1.29, 1.82) is 0 Å². The second-order valence-electron chi connectivity index (χ2n) is 13.8. The number of benzene rings is 7. The number of para-hydroxylation sites is 2. The Morgan fingerprint density at radius 3 is 1.11 bits per heavy atom. The molecule has 0 unspecified atom stereocenters. The van der Waals surface area contributed by atoms with E-state index in [0.717, 1.165) is 88.9 Å². The van der Waals surface area contributed by atoms with Crippen LogP contribution in [0.15, 0.2) is 191 Å². The van der Waals surface area contributed by atoms with Gasteiger partial charge in [-0.15, -0.1) is 0 Å². The molecule has 0 spiro atoms. The van der Waals surface area contributed by atoms with Crippen molar-refractivity contribution in [2.45, 2.75) is 0 Å². The van der Waals surface area contributed by atoms with Crippen molar-refractivity contribution in [1.82, 2.24) is 19.9 Å². The monoisotopic (exact) mass is 718 g/mol. The van der Waals surface area contributed by atoms with Crippen LogP contribution in [0.25, 0.3) is 112 Å². The number of aromatic nitrogens is 4. The summed E-state index contributed by atoms with van der Waals surface area (Å²) in [4.78, 5) is 20.6. The minimum atomic E-state index is 0.603. The van der Waals surface area contributed by atoms with Gasteiger partial charge in [-0.25, -0.2) is 19.9 Å². The molecule has 4 aromatic heterocycles. The van der Waals surface area contributed by atoms with Crippen molar-refractivity contribution in [3.63, 3.8) is 0 Å². The lowest BCUT2D eigenvalue weighted by Gasteiger charge is -2.10. The maximum Gasteiger partial charge on any atom is 0.180 e. The predicted octanol–water partition coefficient (Wildman–Crippen LogP) is 13.1. The van der Waals surface area contributed by atoms with Crippen LogP contribution in [0.4, 0.5) is 0 Å². The van der Waals surface area contributed by atoms with E-state index < -0.39 is 0 Å². The lowest BCUT2D eigenvalue weighted by atomic mass is 10.0. The molecule has 0 aliphatic rings. The molecule has 11 aromatic rings. The van der Waals surface area contributed by atoms with Crippen molar-refractivity contribution in [3.8, 4) is 67.5 Å². The van der Waals surface area contributed by atoms with Crippen molar-refractivity contribution < 1.29 is 8.83 Å². The molecule has 0 N–H and O–H groups in total. The fourth-order valence-electron chi connectivity index (χ4n) is 7.55. The fraction of sp³-hybridized carbons (Fsp3) is 0. The zero-order chi connectivity index (χ0) is 37.0. The molecular formula is C50H30N4O2. The molecule has 4 heterocycles. The van der Waals surface area contributed by atoms with Gasteiger partial charge in [0.05, 0.1) is 0 Å². The van der Waals surface area contributed by atoms with Crippen molar-refractivity contribution in [2.75, 3.05) is 0 Å². The van der Waals surface area contributed by atoms with Crippen LogP contribution in [0.1, 0.15) is 0 Å². The Balaban J connectivity index is 1.04. The predicted molar refractivity (Wildman–Crippen MR) is 225 cm³/mol. The third kappa shape index (κ3) is 5.43. The smallest absolute Gasteiger partial charge is 0.180 e. The summed E-state index contributed by atoms with van der Waals surface area (Å²) < 4.78 is 12.9. The van der Waals surface area contributed by atoms with Crippen LogP contribution >= 0.6 is 0 Å². The first-order valence-corrected chi connectivity index (χ1v) is 18.5. The van der Waals surface area contributed by atoms with Gasteiger partial charge in [0.2, 0.25) is 0 Å². The summed E-state index contributed by atoms with van der Waals surface area (Å²) in [6, 6.07) is 61.8. The van der Waals surface area contributed by atoms with Crippen molar-refractivity contribution in [3.05, 3.63) is 182 Å². The molecule has 0 atom stereocenters. The van der Waals surface area contributed by atoms with Gasteiger partial charge in [0.15, 0.2) is 22.8 Å². The molecule has 0 radical (unpaired) electrons. The van der Waals surface area contributed by atoms with Crippen LogP contribution in [0.5, 0.6) is 0 Å². The highest BCUT2D eigenvalue weighted by atomic mass is 16.3. The van der Waals surface area contributed by atoms with E-state index >= 15 is 0 Å². The quantitative estimate of drug-likeness (QED) is 0.170. The van der Waals surface area contributed by atoms with Crippen molar-refractivity contribution in [2.24, 2.45) is 0 Å². The molecule has 11 rings (SSSR count). The zero-order valence-electron chi connectivity index (χ0n) is 29.9. The molecule has 0 amide bonds. The highest BCUT2D eigenvalue weighted by Crippen LogP contribution is 2.39. The number of fused-ring (bicyclic) bond motifs is 6. The molecule has 56 heavy (non-hydrogen) atoms. The van der Waals surface area contributed by atoms with Gasteiger partial charge in [-0.2, -0.15) is 0 Å². The lowest BCUT2D eigenvalue weighted by molar-refractivity contribution is 0.667. The van der Waals surface area contributed by atoms with E-state index in [0.29, 0.717) is 22.8 Å². The standard InChI is InChI=1S/C50H30N4O2/c1-3-13-31(14-4-1)35-17-11-19-37(29-35)43-47-45(39-21-7-9-23-41(39)55-47)53-49(51-43)33-25-27-34(28-26-33)50-52-44(48-46(54-50)40-22-8-10-24-42(40)56-48)38-20-12-18-36(30-38)32-15-5-2-6-16-32/h1-30H. The van der Waals surface area contributed by atoms with Gasteiger partial charge in [-0.3, -0.25) is 0 Å². The average molecular weight is 719 g/mol. The maximum absolute atomic E-state index is 6.44. The molecule has 0 saturated heterocycles. The number of hydrogen-bond acceptors (Lipinski definition) is 6. The minimum Gasteiger partial charge on any atom is -0.452 e. The lowest BCUT2D eigenvalue weighted by Crippen LogP contribution is -1.96. The first-order valence-electron chi connectivity index (χ1n) is 18.5. The molecule has 0 aliphatic heterocycles. The third-order valence-corrected chi connectivity index (χ3v) is 10.3. The summed E-state index contributed by atoms with van der Waals surface area (Å²) in [5, 5.41) is 1.89. The summed E-state index contributed by atoms with van der Waals surface area (Å²) >= 11 is 0. The van der Waals surface area contributed by atoms with Gasteiger partial charge >= 0.3 is 0 Å². The molecule has 0 saturated carbocycles. The average Bonchev–Trinajstić information content (AvgIpc) is 3.85. The van der Waals surface area contributed by atoms with Crippen LogP contribution in [0, 0.1) is 0 Å². The molecule has 6 heteroatoms. The third-order valence-electron chi connectivity index (χ3n) is 10.3. The second kappa shape index (κ2) is 13.0. The van der Waals surface area contributed by atoms with E-state index in [4.69, 9.17) is 28.8 Å². The van der Waals surface area contributed by atoms with Crippen molar-refractivity contribution >= 4 is 44.1 Å². The second-order valence-corrected chi connectivity index (χ2v) is 13.8. The minimum absolute atomic E-state index is 0.603. The van der Waals surface area contributed by atoms with E-state index in [2.05, 4.69) is 97.1 Å². The Kier molecular flexibility index (Phi) is 7.38. The van der Waals surface area contributed by atoms with Crippen LogP contribution < -0.4 is 0 Å². The van der Waals surface area contributed by atoms with E-state index in [1.807, 2.05) is 84.9 Å². The maximum atomic E-state index is 6.44. The highest BCUT2D eigenvalue weighted by molar-refractivity contribution is 6.08. The van der Waals surface area contributed by atoms with Gasteiger partial charge in [-0.1, -0.05) is 146 Å². The van der Waals surface area contributed by atoms with Gasteiger partial charge in [-0.05, 0) is 58.7 Å². The number of nitrogens with zero attached hydrogens (tertiary/aromatic N) is 4. The van der Waals surface area contributed by atoms with E-state index in [9.17, 15) is 0 Å². The first kappa shape index (κ1) is 31.8. The van der Waals surface area contributed by atoms with Gasteiger partial charge in [0.25, 0.3) is 0 Å². The highest BCUT2D eigenvalue weighted by Gasteiger charge is 2.21. The van der Waals surface area contributed by atoms with Crippen LogP contribution in [-0.2, 0) is 0 Å². The van der Waals surface area contributed by atoms with Crippen LogP contribution in [0.2, 0.25) is 0 Å². The van der Waals surface area contributed by atoms with E-state index in [1.54, 1.807) is 0 Å². The Morgan fingerprint density at radius 1 is 0.286 bits per heavy atom. The SMILES string of the molecule is c1ccc(-c2cccc(-c3nc(-c4ccc(-c5nc(-c6cccc(-c7ccccc7)c6)c6oc7ccccc7c6n5)cc4)nc4c3oc3ccccc34)c2)cc1. The number of hydrogen-bond donors (Lipinski definition) is 0. The molecule has 262 valence electrons. The summed E-state index contributed by atoms with van der Waals surface area (Å²) in [7, 11) is 0. The Hall–Kier alpha value is -7.70. The summed E-state index contributed by atoms with van der Waals surface area (Å²) in [6.07, 6.45) is 0. The largest absolute Gasteiger partial charge is 0.452 e. The molecule has 0 fully saturated rings. The first-order chi connectivity index (χ1) is 27.7. The Labute approximate surface area is 321 Å². The summed E-state index contributed by atoms with van der Waals surface area (Å²) in [5.41, 5.74) is 14.0. The Morgan fingerprint density at radius 2 is 0.661 bits per heavy atom. The van der Waals surface area contributed by atoms with Gasteiger partial charge < -0.3 is 8.83 Å². The molecular weight excluding hydrogens is 689 g/mol. The van der Waals surface area contributed by atoms with E-state index in [-0.39, 0.29) is 0 Å². The van der Waals surface area contributed by atoms with Gasteiger partial charge in [0, 0.05) is 33.0 Å². The van der Waals surface area contributed by atoms with Gasteiger partial charge in [0.1, 0.15) is 33.6 Å².